The van der Waals surface area contributed by atoms with Crippen molar-refractivity contribution in [3.8, 4) is 0 Å². The summed E-state index contributed by atoms with van der Waals surface area (Å²) in [6.45, 7) is 9.00. The molecular formula is C15H28N2. The first-order valence-electron chi connectivity index (χ1n) is 7.20. The van der Waals surface area contributed by atoms with Crippen molar-refractivity contribution in [2.75, 3.05) is 6.54 Å². The summed E-state index contributed by atoms with van der Waals surface area (Å²) in [4.78, 5) is 0. The van der Waals surface area contributed by atoms with Crippen LogP contribution in [0.3, 0.4) is 0 Å². The van der Waals surface area contributed by atoms with Gasteiger partial charge in [-0.3, -0.25) is 0 Å². The van der Waals surface area contributed by atoms with Crippen molar-refractivity contribution >= 4 is 0 Å². The Labute approximate surface area is 106 Å². The number of nitrogens with one attached hydrogen (secondary N) is 1. The Balaban J connectivity index is 2.56. The van der Waals surface area contributed by atoms with Gasteiger partial charge in [-0.1, -0.05) is 33.6 Å². The van der Waals surface area contributed by atoms with Crippen molar-refractivity contribution in [1.82, 2.24) is 9.88 Å². The van der Waals surface area contributed by atoms with Crippen LogP contribution in [-0.4, -0.2) is 11.1 Å². The minimum absolute atomic E-state index is 0.544. The second-order valence-corrected chi connectivity index (χ2v) is 4.83. The molecule has 0 saturated heterocycles. The Morgan fingerprint density at radius 3 is 2.65 bits per heavy atom. The zero-order valence-electron chi connectivity index (χ0n) is 11.7. The number of rotatable bonds is 9. The Morgan fingerprint density at radius 2 is 2.00 bits per heavy atom. The summed E-state index contributed by atoms with van der Waals surface area (Å²) < 4.78 is 2.33. The molecule has 0 radical (unpaired) electrons. The third kappa shape index (κ3) is 4.95. The van der Waals surface area contributed by atoms with Gasteiger partial charge >= 0.3 is 0 Å². The third-order valence-electron chi connectivity index (χ3n) is 3.16. The zero-order chi connectivity index (χ0) is 12.5. The predicted octanol–water partition coefficient (Wildman–Crippen LogP) is 4.13. The highest BCUT2D eigenvalue weighted by molar-refractivity contribution is 5.15. The highest BCUT2D eigenvalue weighted by Gasteiger charge is 2.10. The molecule has 0 aliphatic rings. The Hall–Kier alpha value is -0.760. The van der Waals surface area contributed by atoms with Gasteiger partial charge in [-0.2, -0.15) is 0 Å². The summed E-state index contributed by atoms with van der Waals surface area (Å²) in [6.07, 6.45) is 10.8. The number of aromatic nitrogens is 1. The van der Waals surface area contributed by atoms with E-state index in [1.807, 2.05) is 0 Å². The molecule has 1 aromatic rings. The Kier molecular flexibility index (Phi) is 7.02. The van der Waals surface area contributed by atoms with Gasteiger partial charge in [-0.15, -0.1) is 0 Å². The maximum atomic E-state index is 3.64. The van der Waals surface area contributed by atoms with E-state index in [9.17, 15) is 0 Å². The van der Waals surface area contributed by atoms with Crippen LogP contribution in [0.4, 0.5) is 0 Å². The van der Waals surface area contributed by atoms with Crippen molar-refractivity contribution < 1.29 is 0 Å². The first-order chi connectivity index (χ1) is 8.31. The minimum Gasteiger partial charge on any atom is -0.354 e. The van der Waals surface area contributed by atoms with Crippen LogP contribution in [0, 0.1) is 0 Å². The van der Waals surface area contributed by atoms with Crippen LogP contribution in [-0.2, 0) is 6.54 Å². The van der Waals surface area contributed by atoms with Crippen LogP contribution >= 0.6 is 0 Å². The molecule has 98 valence electrons. The van der Waals surface area contributed by atoms with Gasteiger partial charge < -0.3 is 9.88 Å². The highest BCUT2D eigenvalue weighted by atomic mass is 15.0. The average molecular weight is 236 g/mol. The lowest BCUT2D eigenvalue weighted by molar-refractivity contribution is 0.492. The van der Waals surface area contributed by atoms with Crippen LogP contribution in [0.1, 0.15) is 64.5 Å². The highest BCUT2D eigenvalue weighted by Crippen LogP contribution is 2.19. The molecule has 1 atom stereocenters. The van der Waals surface area contributed by atoms with Crippen molar-refractivity contribution in [1.29, 1.82) is 0 Å². The van der Waals surface area contributed by atoms with Crippen LogP contribution in [0.2, 0.25) is 0 Å². The lowest BCUT2D eigenvalue weighted by Gasteiger charge is -2.16. The first-order valence-corrected chi connectivity index (χ1v) is 7.20. The molecule has 0 fully saturated rings. The molecule has 0 saturated carbocycles. The summed E-state index contributed by atoms with van der Waals surface area (Å²) in [5, 5.41) is 3.64. The third-order valence-corrected chi connectivity index (χ3v) is 3.16. The lowest BCUT2D eigenvalue weighted by atomic mass is 10.1. The van der Waals surface area contributed by atoms with E-state index in [4.69, 9.17) is 0 Å². The van der Waals surface area contributed by atoms with E-state index in [1.54, 1.807) is 0 Å². The fourth-order valence-electron chi connectivity index (χ4n) is 2.14. The molecular weight excluding hydrogens is 208 g/mol. The fourth-order valence-corrected chi connectivity index (χ4v) is 2.14. The van der Waals surface area contributed by atoms with Crippen LogP contribution in [0.15, 0.2) is 18.5 Å². The van der Waals surface area contributed by atoms with Crippen LogP contribution < -0.4 is 5.32 Å². The van der Waals surface area contributed by atoms with Crippen LogP contribution in [0.25, 0.3) is 0 Å². The van der Waals surface area contributed by atoms with E-state index in [-0.39, 0.29) is 0 Å². The van der Waals surface area contributed by atoms with Gasteiger partial charge in [0.1, 0.15) is 0 Å². The standard InChI is InChI=1S/C15H28N2/c1-4-7-11-17-12-9-14(13-17)15(8-5-2)16-10-6-3/h9,12-13,15-16H,4-8,10-11H2,1-3H3. The number of hydrogen-bond donors (Lipinski definition) is 1. The SMILES string of the molecule is CCCCn1ccc(C(CCC)NCCC)c1. The Morgan fingerprint density at radius 1 is 1.18 bits per heavy atom. The Bertz CT molecular complexity index is 291. The molecule has 1 heterocycles. The smallest absolute Gasteiger partial charge is 0.0335 e. The van der Waals surface area contributed by atoms with E-state index < -0.39 is 0 Å². The first kappa shape index (κ1) is 14.3. The summed E-state index contributed by atoms with van der Waals surface area (Å²) in [6, 6.07) is 2.82. The normalized spacial score (nSPS) is 12.9. The maximum absolute atomic E-state index is 3.64. The zero-order valence-corrected chi connectivity index (χ0v) is 11.7. The van der Waals surface area contributed by atoms with Crippen molar-refractivity contribution in [3.63, 3.8) is 0 Å². The summed E-state index contributed by atoms with van der Waals surface area (Å²) >= 11 is 0. The van der Waals surface area contributed by atoms with E-state index in [0.29, 0.717) is 6.04 Å². The topological polar surface area (TPSA) is 17.0 Å². The molecule has 1 unspecified atom stereocenters. The number of aryl methyl sites for hydroxylation is 1. The summed E-state index contributed by atoms with van der Waals surface area (Å²) in [5.74, 6) is 0. The molecule has 0 aromatic carbocycles. The van der Waals surface area contributed by atoms with Gasteiger partial charge in [-0.05, 0) is 37.4 Å². The summed E-state index contributed by atoms with van der Waals surface area (Å²) in [5.41, 5.74) is 1.46. The molecule has 0 aliphatic carbocycles. The van der Waals surface area contributed by atoms with Crippen LogP contribution in [0.5, 0.6) is 0 Å². The van der Waals surface area contributed by atoms with E-state index >= 15 is 0 Å². The second-order valence-electron chi connectivity index (χ2n) is 4.83. The van der Waals surface area contributed by atoms with Crippen molar-refractivity contribution in [2.24, 2.45) is 0 Å². The van der Waals surface area contributed by atoms with Crippen molar-refractivity contribution in [2.45, 2.75) is 65.5 Å². The second kappa shape index (κ2) is 8.35. The molecule has 0 aliphatic heterocycles. The fraction of sp³-hybridized carbons (Fsp3) is 0.733. The molecule has 0 bridgehead atoms. The predicted molar refractivity (Wildman–Crippen MR) is 75.3 cm³/mol. The largest absolute Gasteiger partial charge is 0.354 e. The van der Waals surface area contributed by atoms with Gasteiger partial charge in [0.2, 0.25) is 0 Å². The molecule has 1 rings (SSSR count). The quantitative estimate of drug-likeness (QED) is 0.682. The molecule has 2 heteroatoms. The van der Waals surface area contributed by atoms with Gasteiger partial charge in [0.25, 0.3) is 0 Å². The van der Waals surface area contributed by atoms with Gasteiger partial charge in [0.15, 0.2) is 0 Å². The minimum atomic E-state index is 0.544. The summed E-state index contributed by atoms with van der Waals surface area (Å²) in [7, 11) is 0. The van der Waals surface area contributed by atoms with E-state index in [1.165, 1.54) is 37.7 Å². The molecule has 1 aromatic heterocycles. The maximum Gasteiger partial charge on any atom is 0.0335 e. The number of hydrogen-bond acceptors (Lipinski definition) is 1. The number of unbranched alkanes of at least 4 members (excludes halogenated alkanes) is 1. The van der Waals surface area contributed by atoms with Gasteiger partial charge in [0, 0.05) is 25.0 Å². The van der Waals surface area contributed by atoms with Crippen molar-refractivity contribution in [3.05, 3.63) is 24.0 Å². The molecule has 0 amide bonds. The van der Waals surface area contributed by atoms with E-state index in [2.05, 4.69) is 49.1 Å². The molecule has 17 heavy (non-hydrogen) atoms. The molecule has 1 N–H and O–H groups in total. The average Bonchev–Trinajstić information content (AvgIpc) is 2.80. The monoisotopic (exact) mass is 236 g/mol. The molecule has 0 spiro atoms. The number of nitrogens with zero attached hydrogens (tertiary/aromatic N) is 1. The molecule has 2 nitrogen and oxygen atoms in total. The van der Waals surface area contributed by atoms with Gasteiger partial charge in [-0.25, -0.2) is 0 Å². The van der Waals surface area contributed by atoms with E-state index in [0.717, 1.165) is 13.1 Å². The lowest BCUT2D eigenvalue weighted by Crippen LogP contribution is -2.21. The van der Waals surface area contributed by atoms with Gasteiger partial charge in [0.05, 0.1) is 0 Å².